The molecule has 1 unspecified atom stereocenters. The summed E-state index contributed by atoms with van der Waals surface area (Å²) in [5, 5.41) is 3.46. The maximum Gasteiger partial charge on any atom is 0.00965 e. The molecule has 16 heavy (non-hydrogen) atoms. The molecule has 0 radical (unpaired) electrons. The van der Waals surface area contributed by atoms with Crippen LogP contribution in [0.3, 0.4) is 0 Å². The normalized spacial score (nSPS) is 25.9. The Morgan fingerprint density at radius 3 is 2.62 bits per heavy atom. The van der Waals surface area contributed by atoms with E-state index in [0.717, 1.165) is 17.9 Å². The van der Waals surface area contributed by atoms with E-state index in [0.29, 0.717) is 0 Å². The van der Waals surface area contributed by atoms with Gasteiger partial charge in [0.15, 0.2) is 0 Å². The monoisotopic (exact) mass is 224 g/mol. The lowest BCUT2D eigenvalue weighted by Gasteiger charge is -2.24. The van der Waals surface area contributed by atoms with Crippen molar-refractivity contribution in [3.05, 3.63) is 0 Å². The van der Waals surface area contributed by atoms with E-state index in [-0.39, 0.29) is 0 Å². The summed E-state index contributed by atoms with van der Waals surface area (Å²) in [5.74, 6) is 1.80. The lowest BCUT2D eigenvalue weighted by atomic mass is 10.0. The second-order valence-corrected chi connectivity index (χ2v) is 6.12. The molecule has 1 saturated carbocycles. The van der Waals surface area contributed by atoms with Gasteiger partial charge in [0.2, 0.25) is 0 Å². The molecule has 1 heterocycles. The van der Waals surface area contributed by atoms with Gasteiger partial charge in [-0.25, -0.2) is 0 Å². The quantitative estimate of drug-likeness (QED) is 0.715. The Bertz CT molecular complexity index is 193. The molecule has 1 N–H and O–H groups in total. The molecule has 1 atom stereocenters. The summed E-state index contributed by atoms with van der Waals surface area (Å²) in [6.45, 7) is 9.87. The molecule has 0 aromatic rings. The molecule has 2 aliphatic rings. The molecule has 2 rings (SSSR count). The van der Waals surface area contributed by atoms with E-state index in [2.05, 4.69) is 24.1 Å². The van der Waals surface area contributed by atoms with Crippen LogP contribution in [0.5, 0.6) is 0 Å². The van der Waals surface area contributed by atoms with Crippen LogP contribution in [0.15, 0.2) is 0 Å². The minimum atomic E-state index is 0.828. The highest BCUT2D eigenvalue weighted by atomic mass is 15.2. The van der Waals surface area contributed by atoms with Crippen LogP contribution in [0.2, 0.25) is 0 Å². The highest BCUT2D eigenvalue weighted by Gasteiger charge is 2.28. The fraction of sp³-hybridized carbons (Fsp3) is 1.00. The topological polar surface area (TPSA) is 15.3 Å². The van der Waals surface area contributed by atoms with Crippen LogP contribution in [-0.2, 0) is 0 Å². The Hall–Kier alpha value is -0.0800. The van der Waals surface area contributed by atoms with Crippen molar-refractivity contribution in [2.75, 3.05) is 26.2 Å². The minimum absolute atomic E-state index is 0.828. The average molecular weight is 224 g/mol. The van der Waals surface area contributed by atoms with Gasteiger partial charge < -0.3 is 10.2 Å². The fourth-order valence-corrected chi connectivity index (χ4v) is 2.88. The van der Waals surface area contributed by atoms with Crippen LogP contribution in [0.1, 0.15) is 46.0 Å². The molecule has 2 nitrogen and oxygen atoms in total. The van der Waals surface area contributed by atoms with Crippen molar-refractivity contribution in [3.8, 4) is 0 Å². The van der Waals surface area contributed by atoms with E-state index in [9.17, 15) is 0 Å². The van der Waals surface area contributed by atoms with Crippen molar-refractivity contribution in [1.29, 1.82) is 0 Å². The third-order valence-electron chi connectivity index (χ3n) is 3.88. The summed E-state index contributed by atoms with van der Waals surface area (Å²) in [6.07, 6.45) is 7.17. The second-order valence-electron chi connectivity index (χ2n) is 6.12. The average Bonchev–Trinajstić information content (AvgIpc) is 2.95. The van der Waals surface area contributed by atoms with Crippen LogP contribution in [-0.4, -0.2) is 37.1 Å². The van der Waals surface area contributed by atoms with Crippen LogP contribution < -0.4 is 5.32 Å². The van der Waals surface area contributed by atoms with E-state index < -0.39 is 0 Å². The minimum Gasteiger partial charge on any atom is -0.316 e. The summed E-state index contributed by atoms with van der Waals surface area (Å²) in [5.41, 5.74) is 0. The lowest BCUT2D eigenvalue weighted by molar-refractivity contribution is 0.225. The maximum absolute atomic E-state index is 3.46. The third kappa shape index (κ3) is 4.06. The van der Waals surface area contributed by atoms with Gasteiger partial charge in [-0.15, -0.1) is 0 Å². The molecule has 1 saturated heterocycles. The SMILES string of the molecule is CC(C)CN(CCCC1CCNC1)C1CC1. The number of hydrogen-bond acceptors (Lipinski definition) is 2. The van der Waals surface area contributed by atoms with Crippen LogP contribution in [0.4, 0.5) is 0 Å². The van der Waals surface area contributed by atoms with Crippen molar-refractivity contribution in [2.45, 2.75) is 52.0 Å². The summed E-state index contributed by atoms with van der Waals surface area (Å²) in [4.78, 5) is 2.74. The third-order valence-corrected chi connectivity index (χ3v) is 3.88. The van der Waals surface area contributed by atoms with Gasteiger partial charge in [0.1, 0.15) is 0 Å². The Morgan fingerprint density at radius 1 is 1.25 bits per heavy atom. The number of hydrogen-bond donors (Lipinski definition) is 1. The van der Waals surface area contributed by atoms with Gasteiger partial charge in [0.25, 0.3) is 0 Å². The zero-order chi connectivity index (χ0) is 11.4. The predicted molar refractivity (Wildman–Crippen MR) is 69.6 cm³/mol. The summed E-state index contributed by atoms with van der Waals surface area (Å²) in [6, 6.07) is 0.948. The van der Waals surface area contributed by atoms with Crippen molar-refractivity contribution in [3.63, 3.8) is 0 Å². The van der Waals surface area contributed by atoms with E-state index in [1.807, 2.05) is 0 Å². The predicted octanol–water partition coefficient (Wildman–Crippen LogP) is 2.50. The summed E-state index contributed by atoms with van der Waals surface area (Å²) in [7, 11) is 0. The van der Waals surface area contributed by atoms with Gasteiger partial charge in [0, 0.05) is 12.6 Å². The van der Waals surface area contributed by atoms with Crippen molar-refractivity contribution in [1.82, 2.24) is 10.2 Å². The molecule has 0 aromatic heterocycles. The molecule has 0 aromatic carbocycles. The molecular weight excluding hydrogens is 196 g/mol. The van der Waals surface area contributed by atoms with Crippen LogP contribution >= 0.6 is 0 Å². The highest BCUT2D eigenvalue weighted by molar-refractivity contribution is 4.85. The van der Waals surface area contributed by atoms with E-state index >= 15 is 0 Å². The summed E-state index contributed by atoms with van der Waals surface area (Å²) < 4.78 is 0. The van der Waals surface area contributed by atoms with Gasteiger partial charge in [-0.05, 0) is 63.6 Å². The van der Waals surface area contributed by atoms with E-state index in [1.165, 1.54) is 58.3 Å². The smallest absolute Gasteiger partial charge is 0.00965 e. The van der Waals surface area contributed by atoms with E-state index in [4.69, 9.17) is 0 Å². The van der Waals surface area contributed by atoms with Crippen molar-refractivity contribution < 1.29 is 0 Å². The molecule has 94 valence electrons. The molecule has 2 heteroatoms. The lowest BCUT2D eigenvalue weighted by Crippen LogP contribution is -2.31. The van der Waals surface area contributed by atoms with Crippen molar-refractivity contribution >= 4 is 0 Å². The first kappa shape index (κ1) is 12.4. The number of nitrogens with one attached hydrogen (secondary N) is 1. The first-order chi connectivity index (χ1) is 7.75. The zero-order valence-electron chi connectivity index (χ0n) is 11.0. The molecule has 1 aliphatic heterocycles. The van der Waals surface area contributed by atoms with E-state index in [1.54, 1.807) is 0 Å². The van der Waals surface area contributed by atoms with Gasteiger partial charge in [-0.2, -0.15) is 0 Å². The second kappa shape index (κ2) is 6.02. The largest absolute Gasteiger partial charge is 0.316 e. The van der Waals surface area contributed by atoms with Gasteiger partial charge in [-0.3, -0.25) is 0 Å². The van der Waals surface area contributed by atoms with Crippen molar-refractivity contribution in [2.24, 2.45) is 11.8 Å². The Morgan fingerprint density at radius 2 is 2.06 bits per heavy atom. The highest BCUT2D eigenvalue weighted by Crippen LogP contribution is 2.28. The fourth-order valence-electron chi connectivity index (χ4n) is 2.88. The van der Waals surface area contributed by atoms with Gasteiger partial charge in [-0.1, -0.05) is 13.8 Å². The Balaban J connectivity index is 1.61. The molecule has 1 aliphatic carbocycles. The molecule has 2 fully saturated rings. The Labute approximate surface area is 101 Å². The van der Waals surface area contributed by atoms with Crippen LogP contribution in [0.25, 0.3) is 0 Å². The standard InChI is InChI=1S/C14H28N2/c1-12(2)11-16(14-5-6-14)9-3-4-13-7-8-15-10-13/h12-15H,3-11H2,1-2H3. The zero-order valence-corrected chi connectivity index (χ0v) is 11.0. The summed E-state index contributed by atoms with van der Waals surface area (Å²) >= 11 is 0. The molecule has 0 spiro atoms. The number of rotatable bonds is 7. The first-order valence-corrected chi connectivity index (χ1v) is 7.20. The maximum atomic E-state index is 3.46. The van der Waals surface area contributed by atoms with Gasteiger partial charge >= 0.3 is 0 Å². The first-order valence-electron chi connectivity index (χ1n) is 7.20. The Kier molecular flexibility index (Phi) is 4.66. The molecular formula is C14H28N2. The molecule has 0 amide bonds. The van der Waals surface area contributed by atoms with Crippen LogP contribution in [0, 0.1) is 11.8 Å². The number of nitrogens with zero attached hydrogens (tertiary/aromatic N) is 1. The van der Waals surface area contributed by atoms with Gasteiger partial charge in [0.05, 0.1) is 0 Å². The molecule has 0 bridgehead atoms.